The van der Waals surface area contributed by atoms with Gasteiger partial charge in [-0.2, -0.15) is 0 Å². The van der Waals surface area contributed by atoms with Gasteiger partial charge in [0.15, 0.2) is 0 Å². The number of benzene rings is 1. The fraction of sp³-hybridized carbons (Fsp3) is 0.462. The molecule has 1 aromatic rings. The summed E-state index contributed by atoms with van der Waals surface area (Å²) in [6.45, 7) is 4.70. The van der Waals surface area contributed by atoms with E-state index in [1.54, 1.807) is 12.1 Å². The Balaban J connectivity index is 2.17. The Morgan fingerprint density at radius 3 is 2.81 bits per heavy atom. The van der Waals surface area contributed by atoms with Crippen LogP contribution in [-0.2, 0) is 11.3 Å². The zero-order chi connectivity index (χ0) is 11.7. The van der Waals surface area contributed by atoms with Crippen LogP contribution in [0.5, 0.6) is 5.75 Å². The second kappa shape index (κ2) is 4.16. The van der Waals surface area contributed by atoms with Crippen LogP contribution in [0.1, 0.15) is 30.9 Å². The molecule has 0 saturated carbocycles. The van der Waals surface area contributed by atoms with Crippen LogP contribution in [0.25, 0.3) is 0 Å². The van der Waals surface area contributed by atoms with E-state index in [-0.39, 0.29) is 11.7 Å². The lowest BCUT2D eigenvalue weighted by Crippen LogP contribution is -2.30. The number of aromatic hydroxyl groups is 1. The summed E-state index contributed by atoms with van der Waals surface area (Å²) in [5.41, 5.74) is 2.15. The third-order valence-electron chi connectivity index (χ3n) is 3.30. The monoisotopic (exact) mass is 219 g/mol. The minimum absolute atomic E-state index is 0.236. The molecule has 1 N–H and O–H groups in total. The predicted octanol–water partition coefficient (Wildman–Crippen LogP) is 2.21. The normalized spacial score (nSPS) is 20.5. The molecule has 16 heavy (non-hydrogen) atoms. The summed E-state index contributed by atoms with van der Waals surface area (Å²) in [4.78, 5) is 13.6. The van der Waals surface area contributed by atoms with Crippen LogP contribution in [0.4, 0.5) is 0 Å². The zero-order valence-electron chi connectivity index (χ0n) is 9.73. The molecule has 0 spiro atoms. The van der Waals surface area contributed by atoms with Gasteiger partial charge in [-0.3, -0.25) is 4.79 Å². The van der Waals surface area contributed by atoms with Gasteiger partial charge in [0.25, 0.3) is 0 Å². The van der Waals surface area contributed by atoms with Crippen LogP contribution < -0.4 is 0 Å². The summed E-state index contributed by atoms with van der Waals surface area (Å²) in [5.74, 6) is 0.516. The van der Waals surface area contributed by atoms with Crippen molar-refractivity contribution < 1.29 is 9.90 Å². The van der Waals surface area contributed by atoms with Gasteiger partial charge < -0.3 is 10.0 Å². The Morgan fingerprint density at radius 1 is 1.50 bits per heavy atom. The van der Waals surface area contributed by atoms with Crippen molar-refractivity contribution in [2.24, 2.45) is 0 Å². The van der Waals surface area contributed by atoms with Gasteiger partial charge in [-0.1, -0.05) is 6.07 Å². The van der Waals surface area contributed by atoms with E-state index in [0.29, 0.717) is 19.0 Å². The number of carbonyl (C=O) groups is 1. The topological polar surface area (TPSA) is 40.5 Å². The van der Waals surface area contributed by atoms with E-state index in [1.165, 1.54) is 0 Å². The van der Waals surface area contributed by atoms with Gasteiger partial charge in [-0.25, -0.2) is 0 Å². The molecule has 0 radical (unpaired) electrons. The number of hydrogen-bond acceptors (Lipinski definition) is 2. The Hall–Kier alpha value is -1.51. The number of hydrogen-bond donors (Lipinski definition) is 1. The second-order valence-electron chi connectivity index (χ2n) is 4.52. The van der Waals surface area contributed by atoms with Crippen molar-refractivity contribution in [3.8, 4) is 5.75 Å². The van der Waals surface area contributed by atoms with Crippen LogP contribution in [-0.4, -0.2) is 22.0 Å². The Labute approximate surface area is 95.7 Å². The highest BCUT2D eigenvalue weighted by Crippen LogP contribution is 2.23. The molecule has 0 aromatic heterocycles. The molecule has 2 rings (SSSR count). The third-order valence-corrected chi connectivity index (χ3v) is 3.30. The molecule has 0 bridgehead atoms. The number of amides is 1. The molecule has 1 aliphatic heterocycles. The maximum atomic E-state index is 11.6. The molecule has 1 aliphatic rings. The summed E-state index contributed by atoms with van der Waals surface area (Å²) < 4.78 is 0. The second-order valence-corrected chi connectivity index (χ2v) is 4.52. The largest absolute Gasteiger partial charge is 0.508 e. The van der Waals surface area contributed by atoms with Gasteiger partial charge in [0.1, 0.15) is 5.75 Å². The van der Waals surface area contributed by atoms with Crippen molar-refractivity contribution in [2.45, 2.75) is 39.3 Å². The number of phenolic OH excluding ortho intramolecular Hbond substituents is 1. The van der Waals surface area contributed by atoms with Crippen molar-refractivity contribution >= 4 is 5.91 Å². The van der Waals surface area contributed by atoms with E-state index in [1.807, 2.05) is 17.9 Å². The van der Waals surface area contributed by atoms with Gasteiger partial charge in [0.05, 0.1) is 0 Å². The van der Waals surface area contributed by atoms with E-state index in [9.17, 15) is 9.90 Å². The van der Waals surface area contributed by atoms with Crippen LogP contribution in [0.2, 0.25) is 0 Å². The Bertz CT molecular complexity index is 414. The highest BCUT2D eigenvalue weighted by atomic mass is 16.3. The number of phenols is 1. The summed E-state index contributed by atoms with van der Waals surface area (Å²) in [6, 6.07) is 5.64. The zero-order valence-corrected chi connectivity index (χ0v) is 9.73. The molecule has 86 valence electrons. The molecule has 1 heterocycles. The fourth-order valence-electron chi connectivity index (χ4n) is 2.16. The molecule has 0 aliphatic carbocycles. The van der Waals surface area contributed by atoms with E-state index in [0.717, 1.165) is 17.5 Å². The lowest BCUT2D eigenvalue weighted by atomic mass is 10.1. The van der Waals surface area contributed by atoms with Crippen molar-refractivity contribution in [3.05, 3.63) is 29.3 Å². The average Bonchev–Trinajstić information content (AvgIpc) is 2.53. The van der Waals surface area contributed by atoms with Crippen LogP contribution in [0, 0.1) is 6.92 Å². The predicted molar refractivity (Wildman–Crippen MR) is 62.1 cm³/mol. The minimum atomic E-state index is 0.236. The molecule has 1 saturated heterocycles. The molecule has 3 heteroatoms. The van der Waals surface area contributed by atoms with Crippen molar-refractivity contribution in [1.82, 2.24) is 4.90 Å². The van der Waals surface area contributed by atoms with Gasteiger partial charge in [0, 0.05) is 19.0 Å². The van der Waals surface area contributed by atoms with E-state index < -0.39 is 0 Å². The highest BCUT2D eigenvalue weighted by Gasteiger charge is 2.27. The Kier molecular flexibility index (Phi) is 2.86. The first-order valence-corrected chi connectivity index (χ1v) is 5.66. The number of aryl methyl sites for hydroxylation is 1. The summed E-state index contributed by atoms with van der Waals surface area (Å²) in [5, 5.41) is 9.32. The molecular weight excluding hydrogens is 202 g/mol. The summed E-state index contributed by atoms with van der Waals surface area (Å²) in [6.07, 6.45) is 1.62. The van der Waals surface area contributed by atoms with Gasteiger partial charge in [-0.15, -0.1) is 0 Å². The lowest BCUT2D eigenvalue weighted by Gasteiger charge is -2.22. The molecule has 1 aromatic carbocycles. The fourth-order valence-corrected chi connectivity index (χ4v) is 2.16. The average molecular weight is 219 g/mol. The first kappa shape index (κ1) is 11.0. The van der Waals surface area contributed by atoms with Gasteiger partial charge >= 0.3 is 0 Å². The molecular formula is C13H17NO2. The van der Waals surface area contributed by atoms with Crippen LogP contribution in [0.15, 0.2) is 18.2 Å². The van der Waals surface area contributed by atoms with E-state index in [4.69, 9.17) is 0 Å². The summed E-state index contributed by atoms with van der Waals surface area (Å²) >= 11 is 0. The van der Waals surface area contributed by atoms with Crippen molar-refractivity contribution in [3.63, 3.8) is 0 Å². The third kappa shape index (κ3) is 2.03. The smallest absolute Gasteiger partial charge is 0.223 e. The summed E-state index contributed by atoms with van der Waals surface area (Å²) in [7, 11) is 0. The lowest BCUT2D eigenvalue weighted by molar-refractivity contribution is -0.129. The van der Waals surface area contributed by atoms with Crippen LogP contribution >= 0.6 is 0 Å². The number of rotatable bonds is 2. The molecule has 1 fully saturated rings. The van der Waals surface area contributed by atoms with Gasteiger partial charge in [0.2, 0.25) is 5.91 Å². The van der Waals surface area contributed by atoms with Gasteiger partial charge in [-0.05, 0) is 43.5 Å². The Morgan fingerprint density at radius 2 is 2.25 bits per heavy atom. The first-order chi connectivity index (χ1) is 7.58. The SMILES string of the molecule is Cc1cc(O)ccc1CN1C(=O)CCC1C. The molecule has 1 atom stereocenters. The molecule has 1 unspecified atom stereocenters. The standard InChI is InChI=1S/C13H17NO2/c1-9-7-12(15)5-4-11(9)8-14-10(2)3-6-13(14)16/h4-5,7,10,15H,3,6,8H2,1-2H3. The van der Waals surface area contributed by atoms with Crippen molar-refractivity contribution in [2.75, 3.05) is 0 Å². The maximum absolute atomic E-state index is 11.6. The highest BCUT2D eigenvalue weighted by molar-refractivity contribution is 5.78. The number of nitrogens with zero attached hydrogens (tertiary/aromatic N) is 1. The van der Waals surface area contributed by atoms with Crippen molar-refractivity contribution in [1.29, 1.82) is 0 Å². The number of carbonyl (C=O) groups excluding carboxylic acids is 1. The minimum Gasteiger partial charge on any atom is -0.508 e. The molecule has 3 nitrogen and oxygen atoms in total. The maximum Gasteiger partial charge on any atom is 0.223 e. The quantitative estimate of drug-likeness (QED) is 0.828. The number of likely N-dealkylation sites (tertiary alicyclic amines) is 1. The first-order valence-electron chi connectivity index (χ1n) is 5.66. The van der Waals surface area contributed by atoms with E-state index >= 15 is 0 Å². The molecule has 1 amide bonds. The van der Waals surface area contributed by atoms with E-state index in [2.05, 4.69) is 6.92 Å². The van der Waals surface area contributed by atoms with Crippen LogP contribution in [0.3, 0.4) is 0 Å².